The molecule has 0 spiro atoms. The molecule has 0 nitrogen and oxygen atoms in total. The lowest BCUT2D eigenvalue weighted by atomic mass is 10.3. The zero-order valence-corrected chi connectivity index (χ0v) is 8.63. The lowest BCUT2D eigenvalue weighted by molar-refractivity contribution is 0.729. The van der Waals surface area contributed by atoms with E-state index in [-0.39, 0.29) is 0 Å². The molecule has 0 aliphatic rings. The van der Waals surface area contributed by atoms with Crippen LogP contribution in [0.1, 0.15) is 6.92 Å². The van der Waals surface area contributed by atoms with E-state index in [4.69, 9.17) is 11.6 Å². The van der Waals surface area contributed by atoms with E-state index in [0.29, 0.717) is 0 Å². The van der Waals surface area contributed by atoms with Gasteiger partial charge in [-0.3, -0.25) is 0 Å². The Balaban J connectivity index is 3.47. The molecular formula is C7H17ClSi. The van der Waals surface area contributed by atoms with Gasteiger partial charge in [-0.05, 0) is 5.92 Å². The number of rotatable bonds is 3. The van der Waals surface area contributed by atoms with Gasteiger partial charge in [0.1, 0.15) is 0 Å². The van der Waals surface area contributed by atoms with Crippen LogP contribution in [0.25, 0.3) is 0 Å². The summed E-state index contributed by atoms with van der Waals surface area (Å²) in [5.41, 5.74) is 0. The van der Waals surface area contributed by atoms with Crippen molar-refractivity contribution in [3.8, 4) is 0 Å². The molecule has 2 heteroatoms. The molecule has 56 valence electrons. The summed E-state index contributed by atoms with van der Waals surface area (Å²) in [5, 5.41) is 0. The third-order valence-electron chi connectivity index (χ3n) is 1.22. The summed E-state index contributed by atoms with van der Waals surface area (Å²) >= 11 is 5.68. The Morgan fingerprint density at radius 3 is 1.89 bits per heavy atom. The highest BCUT2D eigenvalue weighted by Gasteiger charge is 2.15. The van der Waals surface area contributed by atoms with Gasteiger partial charge in [0.05, 0.1) is 0 Å². The highest BCUT2D eigenvalue weighted by molar-refractivity contribution is 6.76. The molecule has 1 atom stereocenters. The van der Waals surface area contributed by atoms with Crippen molar-refractivity contribution in [1.29, 1.82) is 0 Å². The predicted octanol–water partition coefficient (Wildman–Crippen LogP) is 3.20. The summed E-state index contributed by atoms with van der Waals surface area (Å²) in [6.45, 7) is 9.38. The molecule has 0 fully saturated rings. The topological polar surface area (TPSA) is 0 Å². The fraction of sp³-hybridized carbons (Fsp3) is 1.00. The minimum absolute atomic E-state index is 0.721. The van der Waals surface area contributed by atoms with Crippen LogP contribution in [-0.4, -0.2) is 14.0 Å². The molecule has 0 amide bonds. The first-order valence-electron chi connectivity index (χ1n) is 3.51. The Kier molecular flexibility index (Phi) is 3.82. The van der Waals surface area contributed by atoms with Gasteiger partial charge in [0.2, 0.25) is 0 Å². The van der Waals surface area contributed by atoms with Crippen molar-refractivity contribution in [2.24, 2.45) is 5.92 Å². The molecule has 0 aliphatic heterocycles. The fourth-order valence-electron chi connectivity index (χ4n) is 1.10. The highest BCUT2D eigenvalue weighted by Crippen LogP contribution is 2.16. The molecule has 0 heterocycles. The van der Waals surface area contributed by atoms with Gasteiger partial charge in [-0.2, -0.15) is 0 Å². The fourth-order valence-corrected chi connectivity index (χ4v) is 3.63. The largest absolute Gasteiger partial charge is 0.126 e. The third-order valence-corrected chi connectivity index (χ3v) is 3.67. The molecule has 0 N–H and O–H groups in total. The van der Waals surface area contributed by atoms with Crippen LogP contribution in [0.2, 0.25) is 25.7 Å². The summed E-state index contributed by atoms with van der Waals surface area (Å²) in [7, 11) is -0.826. The standard InChI is InChI=1S/C7H17ClSi/c1-7(5-8)6-9(2,3)4/h7H,5-6H2,1-4H3. The van der Waals surface area contributed by atoms with E-state index < -0.39 is 8.07 Å². The van der Waals surface area contributed by atoms with Crippen LogP contribution in [0, 0.1) is 5.92 Å². The maximum absolute atomic E-state index is 5.68. The summed E-state index contributed by atoms with van der Waals surface area (Å²) in [4.78, 5) is 0. The molecule has 1 unspecified atom stereocenters. The predicted molar refractivity (Wildman–Crippen MR) is 48.0 cm³/mol. The molecule has 0 bridgehead atoms. The molecule has 0 radical (unpaired) electrons. The molecule has 0 aromatic heterocycles. The van der Waals surface area contributed by atoms with Crippen molar-refractivity contribution < 1.29 is 0 Å². The smallest absolute Gasteiger partial charge is 0.0445 e. The average molecular weight is 165 g/mol. The average Bonchev–Trinajstić information content (AvgIpc) is 1.62. The maximum atomic E-state index is 5.68. The van der Waals surface area contributed by atoms with Crippen molar-refractivity contribution in [1.82, 2.24) is 0 Å². The molecule has 0 saturated heterocycles. The van der Waals surface area contributed by atoms with Crippen molar-refractivity contribution >= 4 is 19.7 Å². The maximum Gasteiger partial charge on any atom is 0.0445 e. The summed E-state index contributed by atoms with van der Waals surface area (Å²) in [5.74, 6) is 1.54. The van der Waals surface area contributed by atoms with E-state index in [0.717, 1.165) is 11.8 Å². The second-order valence-corrected chi connectivity index (χ2v) is 9.86. The summed E-state index contributed by atoms with van der Waals surface area (Å²) in [6.07, 6.45) is 0. The first kappa shape index (κ1) is 9.51. The van der Waals surface area contributed by atoms with Crippen LogP contribution < -0.4 is 0 Å². The van der Waals surface area contributed by atoms with Gasteiger partial charge in [0.25, 0.3) is 0 Å². The molecule has 0 aromatic rings. The van der Waals surface area contributed by atoms with Crippen LogP contribution in [0.5, 0.6) is 0 Å². The zero-order valence-electron chi connectivity index (χ0n) is 6.87. The second-order valence-electron chi connectivity index (χ2n) is 4.02. The molecular weight excluding hydrogens is 148 g/mol. The van der Waals surface area contributed by atoms with Crippen LogP contribution in [-0.2, 0) is 0 Å². The minimum Gasteiger partial charge on any atom is -0.126 e. The van der Waals surface area contributed by atoms with Gasteiger partial charge in [-0.1, -0.05) is 32.6 Å². The van der Waals surface area contributed by atoms with E-state index >= 15 is 0 Å². The van der Waals surface area contributed by atoms with Crippen molar-refractivity contribution in [3.63, 3.8) is 0 Å². The van der Waals surface area contributed by atoms with Crippen LogP contribution in [0.4, 0.5) is 0 Å². The van der Waals surface area contributed by atoms with E-state index in [1.807, 2.05) is 0 Å². The first-order valence-corrected chi connectivity index (χ1v) is 7.76. The van der Waals surface area contributed by atoms with Crippen molar-refractivity contribution in [3.05, 3.63) is 0 Å². The van der Waals surface area contributed by atoms with Gasteiger partial charge >= 0.3 is 0 Å². The van der Waals surface area contributed by atoms with E-state index in [1.165, 1.54) is 6.04 Å². The quantitative estimate of drug-likeness (QED) is 0.444. The summed E-state index contributed by atoms with van der Waals surface area (Å²) < 4.78 is 0. The number of halogens is 1. The normalized spacial score (nSPS) is 15.7. The Morgan fingerprint density at radius 1 is 1.33 bits per heavy atom. The monoisotopic (exact) mass is 164 g/mol. The Hall–Kier alpha value is 0.507. The molecule has 0 rings (SSSR count). The summed E-state index contributed by atoms with van der Waals surface area (Å²) in [6, 6.07) is 1.36. The van der Waals surface area contributed by atoms with Crippen LogP contribution in [0.15, 0.2) is 0 Å². The second kappa shape index (κ2) is 3.62. The molecule has 0 saturated carbocycles. The van der Waals surface area contributed by atoms with E-state index in [1.54, 1.807) is 0 Å². The first-order chi connectivity index (χ1) is 3.95. The zero-order chi connectivity index (χ0) is 7.49. The Bertz CT molecular complexity index is 75.5. The number of hydrogen-bond donors (Lipinski definition) is 0. The van der Waals surface area contributed by atoms with Gasteiger partial charge in [-0.25, -0.2) is 0 Å². The van der Waals surface area contributed by atoms with E-state index in [2.05, 4.69) is 26.6 Å². The Morgan fingerprint density at radius 2 is 1.78 bits per heavy atom. The molecule has 0 aliphatic carbocycles. The van der Waals surface area contributed by atoms with Gasteiger partial charge < -0.3 is 0 Å². The number of alkyl halides is 1. The third kappa shape index (κ3) is 6.39. The molecule has 9 heavy (non-hydrogen) atoms. The SMILES string of the molecule is CC(CCl)C[Si](C)(C)C. The number of hydrogen-bond acceptors (Lipinski definition) is 0. The van der Waals surface area contributed by atoms with Crippen molar-refractivity contribution in [2.45, 2.75) is 32.6 Å². The minimum atomic E-state index is -0.826. The van der Waals surface area contributed by atoms with Crippen molar-refractivity contribution in [2.75, 3.05) is 5.88 Å². The highest BCUT2D eigenvalue weighted by atomic mass is 35.5. The van der Waals surface area contributed by atoms with Gasteiger partial charge in [0, 0.05) is 14.0 Å². The Labute approximate surface area is 64.6 Å². The lowest BCUT2D eigenvalue weighted by Crippen LogP contribution is -2.23. The van der Waals surface area contributed by atoms with Gasteiger partial charge in [0.15, 0.2) is 0 Å². The van der Waals surface area contributed by atoms with E-state index in [9.17, 15) is 0 Å². The van der Waals surface area contributed by atoms with Gasteiger partial charge in [-0.15, -0.1) is 11.6 Å². The van der Waals surface area contributed by atoms with Crippen LogP contribution >= 0.6 is 11.6 Å². The van der Waals surface area contributed by atoms with Crippen LogP contribution in [0.3, 0.4) is 0 Å². The lowest BCUT2D eigenvalue weighted by Gasteiger charge is -2.19. The molecule has 0 aromatic carbocycles.